The molecule has 1 atom stereocenters. The van der Waals surface area contributed by atoms with Crippen LogP contribution in [0.3, 0.4) is 0 Å². The summed E-state index contributed by atoms with van der Waals surface area (Å²) in [5, 5.41) is 14.5. The van der Waals surface area contributed by atoms with Crippen LogP contribution < -0.4 is 10.6 Å². The molecule has 0 aliphatic heterocycles. The minimum atomic E-state index is 0.0949. The average Bonchev–Trinajstić information content (AvgIpc) is 2.88. The molecular weight excluding hydrogens is 256 g/mol. The molecule has 116 valence electrons. The molecule has 6 nitrogen and oxygen atoms in total. The Labute approximate surface area is 121 Å². The van der Waals surface area contributed by atoms with Gasteiger partial charge < -0.3 is 19.8 Å². The van der Waals surface area contributed by atoms with Gasteiger partial charge in [-0.3, -0.25) is 0 Å². The van der Waals surface area contributed by atoms with Crippen LogP contribution in [0, 0.1) is 0 Å². The molecular formula is C14H28N4O2. The molecule has 1 aromatic rings. The number of ether oxygens (including phenoxy) is 1. The van der Waals surface area contributed by atoms with E-state index in [0.717, 1.165) is 39.0 Å². The number of aromatic nitrogens is 2. The minimum Gasteiger partial charge on any atom is -0.406 e. The fraction of sp³-hybridized carbons (Fsp3) is 0.857. The lowest BCUT2D eigenvalue weighted by atomic mass is 10.3. The normalized spacial score (nSPS) is 12.8. The van der Waals surface area contributed by atoms with Gasteiger partial charge in [-0.1, -0.05) is 12.0 Å². The Morgan fingerprint density at radius 2 is 1.95 bits per heavy atom. The first-order valence-electron chi connectivity index (χ1n) is 7.55. The second-order valence-corrected chi connectivity index (χ2v) is 5.17. The molecule has 6 heteroatoms. The van der Waals surface area contributed by atoms with Crippen molar-refractivity contribution in [3.05, 3.63) is 5.89 Å². The maximum absolute atomic E-state index is 5.56. The highest BCUT2D eigenvalue weighted by Gasteiger charge is 2.12. The van der Waals surface area contributed by atoms with Gasteiger partial charge in [-0.25, -0.2) is 0 Å². The largest absolute Gasteiger partial charge is 0.406 e. The number of anilines is 1. The van der Waals surface area contributed by atoms with Crippen LogP contribution in [0.1, 0.15) is 58.9 Å². The summed E-state index contributed by atoms with van der Waals surface area (Å²) >= 11 is 0. The van der Waals surface area contributed by atoms with E-state index in [1.807, 2.05) is 20.8 Å². The summed E-state index contributed by atoms with van der Waals surface area (Å²) in [7, 11) is 0. The number of hydrogen-bond acceptors (Lipinski definition) is 6. The fourth-order valence-electron chi connectivity index (χ4n) is 1.67. The lowest BCUT2D eigenvalue weighted by Crippen LogP contribution is -2.19. The van der Waals surface area contributed by atoms with E-state index >= 15 is 0 Å². The molecule has 0 fully saturated rings. The van der Waals surface area contributed by atoms with Crippen LogP contribution in [0.15, 0.2) is 4.42 Å². The van der Waals surface area contributed by atoms with Crippen molar-refractivity contribution in [1.29, 1.82) is 0 Å². The third-order valence-corrected chi connectivity index (χ3v) is 2.81. The predicted molar refractivity (Wildman–Crippen MR) is 79.8 cm³/mol. The average molecular weight is 284 g/mol. The molecule has 0 bridgehead atoms. The topological polar surface area (TPSA) is 72.2 Å². The third kappa shape index (κ3) is 6.86. The zero-order chi connectivity index (χ0) is 14.8. The first-order valence-corrected chi connectivity index (χ1v) is 7.55. The Balaban J connectivity index is 2.17. The van der Waals surface area contributed by atoms with Crippen LogP contribution in [-0.2, 0) is 4.74 Å². The van der Waals surface area contributed by atoms with Gasteiger partial charge in [0, 0.05) is 13.2 Å². The number of hydrogen-bond donors (Lipinski definition) is 2. The maximum Gasteiger partial charge on any atom is 0.315 e. The maximum atomic E-state index is 5.56. The van der Waals surface area contributed by atoms with Gasteiger partial charge in [0.1, 0.15) is 0 Å². The van der Waals surface area contributed by atoms with Crippen LogP contribution in [0.4, 0.5) is 6.01 Å². The number of nitrogens with one attached hydrogen (secondary N) is 2. The van der Waals surface area contributed by atoms with E-state index in [1.165, 1.54) is 0 Å². The van der Waals surface area contributed by atoms with E-state index in [2.05, 4.69) is 27.8 Å². The molecule has 1 unspecified atom stereocenters. The minimum absolute atomic E-state index is 0.0949. The number of nitrogens with zero attached hydrogens (tertiary/aromatic N) is 2. The summed E-state index contributed by atoms with van der Waals surface area (Å²) in [5.74, 6) is 0.629. The van der Waals surface area contributed by atoms with Gasteiger partial charge in [-0.05, 0) is 46.6 Å². The first-order chi connectivity index (χ1) is 9.63. The van der Waals surface area contributed by atoms with Crippen LogP contribution >= 0.6 is 0 Å². The van der Waals surface area contributed by atoms with E-state index in [0.29, 0.717) is 18.0 Å². The zero-order valence-corrected chi connectivity index (χ0v) is 13.1. The first kappa shape index (κ1) is 16.9. The van der Waals surface area contributed by atoms with Crippen molar-refractivity contribution < 1.29 is 9.15 Å². The highest BCUT2D eigenvalue weighted by atomic mass is 16.5. The van der Waals surface area contributed by atoms with Gasteiger partial charge in [-0.15, -0.1) is 5.10 Å². The van der Waals surface area contributed by atoms with E-state index in [1.54, 1.807) is 0 Å². The van der Waals surface area contributed by atoms with Crippen molar-refractivity contribution in [2.45, 2.75) is 59.1 Å². The second-order valence-electron chi connectivity index (χ2n) is 5.17. The molecule has 1 aromatic heterocycles. The Hall–Kier alpha value is -1.14. The summed E-state index contributed by atoms with van der Waals surface area (Å²) in [6.07, 6.45) is 3.44. The van der Waals surface area contributed by atoms with E-state index < -0.39 is 0 Å². The van der Waals surface area contributed by atoms with Crippen LogP contribution in [0.2, 0.25) is 0 Å². The Kier molecular flexibility index (Phi) is 8.22. The van der Waals surface area contributed by atoms with Gasteiger partial charge >= 0.3 is 6.01 Å². The number of rotatable bonds is 11. The SMILES string of the molecule is CCCNC(C)c1nnc(NCCCCOC(C)C)o1. The lowest BCUT2D eigenvalue weighted by molar-refractivity contribution is 0.0765. The molecule has 2 N–H and O–H groups in total. The Morgan fingerprint density at radius 1 is 1.15 bits per heavy atom. The molecule has 1 rings (SSSR count). The highest BCUT2D eigenvalue weighted by molar-refractivity contribution is 5.16. The van der Waals surface area contributed by atoms with Crippen LogP contribution in [0.25, 0.3) is 0 Å². The monoisotopic (exact) mass is 284 g/mol. The summed E-state index contributed by atoms with van der Waals surface area (Å²) in [6, 6.07) is 0.590. The highest BCUT2D eigenvalue weighted by Crippen LogP contribution is 2.13. The van der Waals surface area contributed by atoms with Gasteiger partial charge in [0.2, 0.25) is 5.89 Å². The summed E-state index contributed by atoms with van der Waals surface area (Å²) in [6.45, 7) is 10.8. The van der Waals surface area contributed by atoms with Crippen molar-refractivity contribution in [1.82, 2.24) is 15.5 Å². The third-order valence-electron chi connectivity index (χ3n) is 2.81. The molecule has 20 heavy (non-hydrogen) atoms. The van der Waals surface area contributed by atoms with Crippen molar-refractivity contribution in [2.75, 3.05) is 25.0 Å². The predicted octanol–water partition coefficient (Wildman–Crippen LogP) is 2.75. The van der Waals surface area contributed by atoms with Crippen LogP contribution in [0.5, 0.6) is 0 Å². The smallest absolute Gasteiger partial charge is 0.315 e. The zero-order valence-electron chi connectivity index (χ0n) is 13.1. The van der Waals surface area contributed by atoms with Crippen molar-refractivity contribution in [3.8, 4) is 0 Å². The van der Waals surface area contributed by atoms with E-state index in [4.69, 9.17) is 9.15 Å². The van der Waals surface area contributed by atoms with Gasteiger partial charge in [-0.2, -0.15) is 0 Å². The van der Waals surface area contributed by atoms with Crippen molar-refractivity contribution in [2.24, 2.45) is 0 Å². The lowest BCUT2D eigenvalue weighted by Gasteiger charge is -2.08. The molecule has 0 spiro atoms. The van der Waals surface area contributed by atoms with Gasteiger partial charge in [0.15, 0.2) is 0 Å². The van der Waals surface area contributed by atoms with E-state index in [9.17, 15) is 0 Å². The standard InChI is InChI=1S/C14H28N4O2/c1-5-8-15-12(4)13-17-18-14(20-13)16-9-6-7-10-19-11(2)3/h11-12,15H,5-10H2,1-4H3,(H,16,18). The van der Waals surface area contributed by atoms with Crippen molar-refractivity contribution in [3.63, 3.8) is 0 Å². The van der Waals surface area contributed by atoms with Gasteiger partial charge in [0.05, 0.1) is 12.1 Å². The summed E-state index contributed by atoms with van der Waals surface area (Å²) < 4.78 is 11.0. The molecule has 0 saturated heterocycles. The quantitative estimate of drug-likeness (QED) is 0.609. The molecule has 0 saturated carbocycles. The molecule has 1 heterocycles. The Bertz CT molecular complexity index is 355. The van der Waals surface area contributed by atoms with Crippen molar-refractivity contribution >= 4 is 6.01 Å². The van der Waals surface area contributed by atoms with Crippen LogP contribution in [-0.4, -0.2) is 36.0 Å². The number of unbranched alkanes of at least 4 members (excludes halogenated alkanes) is 1. The Morgan fingerprint density at radius 3 is 2.65 bits per heavy atom. The fourth-order valence-corrected chi connectivity index (χ4v) is 1.67. The summed E-state index contributed by atoms with van der Waals surface area (Å²) in [5.41, 5.74) is 0. The molecule has 0 amide bonds. The molecule has 0 radical (unpaired) electrons. The van der Waals surface area contributed by atoms with E-state index in [-0.39, 0.29) is 6.04 Å². The molecule has 0 aromatic carbocycles. The van der Waals surface area contributed by atoms with Gasteiger partial charge in [0.25, 0.3) is 0 Å². The summed E-state index contributed by atoms with van der Waals surface area (Å²) in [4.78, 5) is 0. The molecule has 0 aliphatic carbocycles. The molecule has 0 aliphatic rings. The second kappa shape index (κ2) is 9.72.